The third-order valence-corrected chi connectivity index (χ3v) is 5.09. The Morgan fingerprint density at radius 1 is 1.15 bits per heavy atom. The van der Waals surface area contributed by atoms with Gasteiger partial charge in [-0.15, -0.1) is 0 Å². The first-order valence-electron chi connectivity index (χ1n) is 5.47. The molecule has 0 aliphatic heterocycles. The SMILES string of the molecule is CN(CC(=O)O)S(=O)(=O)c1ccc(CS(C)(=O)=O)cc1. The zero-order valence-electron chi connectivity index (χ0n) is 11.0. The van der Waals surface area contributed by atoms with Crippen molar-refractivity contribution in [2.45, 2.75) is 10.6 Å². The minimum Gasteiger partial charge on any atom is -0.480 e. The highest BCUT2D eigenvalue weighted by Crippen LogP contribution is 2.16. The summed E-state index contributed by atoms with van der Waals surface area (Å²) >= 11 is 0. The van der Waals surface area contributed by atoms with Crippen LogP contribution in [0.2, 0.25) is 0 Å². The van der Waals surface area contributed by atoms with Crippen LogP contribution in [0.25, 0.3) is 0 Å². The highest BCUT2D eigenvalue weighted by molar-refractivity contribution is 7.90. The number of hydrogen-bond donors (Lipinski definition) is 1. The molecule has 0 radical (unpaired) electrons. The van der Waals surface area contributed by atoms with Gasteiger partial charge in [0.05, 0.1) is 10.6 Å². The number of benzene rings is 1. The van der Waals surface area contributed by atoms with E-state index in [-0.39, 0.29) is 10.6 Å². The summed E-state index contributed by atoms with van der Waals surface area (Å²) in [6.07, 6.45) is 1.08. The summed E-state index contributed by atoms with van der Waals surface area (Å²) in [6, 6.07) is 5.30. The van der Waals surface area contributed by atoms with Crippen LogP contribution in [-0.4, -0.2) is 52.1 Å². The Kier molecular flexibility index (Phi) is 4.90. The first-order chi connectivity index (χ1) is 9.02. The maximum Gasteiger partial charge on any atom is 0.318 e. The number of sulfonamides is 1. The molecule has 0 aromatic heterocycles. The summed E-state index contributed by atoms with van der Waals surface area (Å²) in [7, 11) is -5.93. The van der Waals surface area contributed by atoms with Crippen LogP contribution in [0.5, 0.6) is 0 Å². The van der Waals surface area contributed by atoms with Gasteiger partial charge in [-0.25, -0.2) is 16.8 Å². The third-order valence-electron chi connectivity index (χ3n) is 2.42. The Bertz CT molecular complexity index is 691. The second-order valence-electron chi connectivity index (χ2n) is 4.37. The van der Waals surface area contributed by atoms with Gasteiger partial charge in [-0.3, -0.25) is 4.79 Å². The normalized spacial score (nSPS) is 12.6. The van der Waals surface area contributed by atoms with Crippen molar-refractivity contribution in [3.05, 3.63) is 29.8 Å². The molecule has 0 spiro atoms. The second-order valence-corrected chi connectivity index (χ2v) is 8.55. The Hall–Kier alpha value is -1.45. The van der Waals surface area contributed by atoms with Crippen LogP contribution in [0.1, 0.15) is 5.56 Å². The molecule has 9 heteroatoms. The fraction of sp³-hybridized carbons (Fsp3) is 0.364. The molecule has 0 saturated carbocycles. The summed E-state index contributed by atoms with van der Waals surface area (Å²) < 4.78 is 47.0. The molecule has 0 amide bonds. The number of sulfone groups is 1. The molecule has 0 aliphatic carbocycles. The highest BCUT2D eigenvalue weighted by Gasteiger charge is 2.22. The number of likely N-dealkylation sites (N-methyl/N-ethyl adjacent to an activating group) is 1. The lowest BCUT2D eigenvalue weighted by atomic mass is 10.2. The van der Waals surface area contributed by atoms with E-state index in [4.69, 9.17) is 5.11 Å². The largest absolute Gasteiger partial charge is 0.480 e. The molecule has 1 aromatic rings. The molecule has 0 heterocycles. The average Bonchev–Trinajstić information content (AvgIpc) is 2.26. The quantitative estimate of drug-likeness (QED) is 0.786. The van der Waals surface area contributed by atoms with E-state index in [1.807, 2.05) is 0 Å². The van der Waals surface area contributed by atoms with Gasteiger partial charge in [-0.2, -0.15) is 4.31 Å². The smallest absolute Gasteiger partial charge is 0.318 e. The van der Waals surface area contributed by atoms with Crippen LogP contribution in [0.3, 0.4) is 0 Å². The van der Waals surface area contributed by atoms with Crippen LogP contribution < -0.4 is 0 Å². The van der Waals surface area contributed by atoms with E-state index in [2.05, 4.69) is 0 Å². The lowest BCUT2D eigenvalue weighted by Gasteiger charge is -2.15. The topological polar surface area (TPSA) is 109 Å². The van der Waals surface area contributed by atoms with Crippen LogP contribution in [0, 0.1) is 0 Å². The maximum absolute atomic E-state index is 12.0. The van der Waals surface area contributed by atoms with Gasteiger partial charge in [-0.05, 0) is 17.7 Å². The molecule has 7 nitrogen and oxygen atoms in total. The van der Waals surface area contributed by atoms with E-state index in [1.165, 1.54) is 24.3 Å². The van der Waals surface area contributed by atoms with Crippen molar-refractivity contribution in [2.75, 3.05) is 19.8 Å². The lowest BCUT2D eigenvalue weighted by Crippen LogP contribution is -2.32. The van der Waals surface area contributed by atoms with E-state index in [1.54, 1.807) is 0 Å². The third kappa shape index (κ3) is 4.58. The molecule has 0 bridgehead atoms. The Labute approximate surface area is 117 Å². The van der Waals surface area contributed by atoms with Crippen molar-refractivity contribution >= 4 is 25.8 Å². The number of rotatable bonds is 6. The number of nitrogens with zero attached hydrogens (tertiary/aromatic N) is 1. The number of carbonyl (C=O) groups is 1. The van der Waals surface area contributed by atoms with Crippen molar-refractivity contribution in [2.24, 2.45) is 0 Å². The molecule has 1 aromatic carbocycles. The summed E-state index contributed by atoms with van der Waals surface area (Å²) in [5.41, 5.74) is 0.465. The van der Waals surface area contributed by atoms with Crippen LogP contribution >= 0.6 is 0 Å². The van der Waals surface area contributed by atoms with E-state index >= 15 is 0 Å². The molecule has 0 saturated heterocycles. The highest BCUT2D eigenvalue weighted by atomic mass is 32.2. The van der Waals surface area contributed by atoms with Gasteiger partial charge in [0.2, 0.25) is 10.0 Å². The predicted octanol–water partition coefficient (Wildman–Crippen LogP) is -0.0637. The Morgan fingerprint density at radius 3 is 2.05 bits per heavy atom. The molecule has 112 valence electrons. The zero-order chi connectivity index (χ0) is 15.6. The van der Waals surface area contributed by atoms with Crippen LogP contribution in [0.15, 0.2) is 29.2 Å². The van der Waals surface area contributed by atoms with Crippen molar-refractivity contribution in [3.8, 4) is 0 Å². The van der Waals surface area contributed by atoms with Gasteiger partial charge in [0.1, 0.15) is 6.54 Å². The number of carboxylic acids is 1. The minimum absolute atomic E-state index is 0.0847. The average molecular weight is 321 g/mol. The maximum atomic E-state index is 12.0. The molecule has 0 atom stereocenters. The van der Waals surface area contributed by atoms with Gasteiger partial charge in [0.15, 0.2) is 9.84 Å². The van der Waals surface area contributed by atoms with Gasteiger partial charge in [-0.1, -0.05) is 12.1 Å². The first-order valence-corrected chi connectivity index (χ1v) is 8.97. The molecule has 0 fully saturated rings. The van der Waals surface area contributed by atoms with Gasteiger partial charge in [0.25, 0.3) is 0 Å². The zero-order valence-corrected chi connectivity index (χ0v) is 12.6. The minimum atomic E-state index is -3.89. The first kappa shape index (κ1) is 16.6. The lowest BCUT2D eigenvalue weighted by molar-refractivity contribution is -0.137. The van der Waals surface area contributed by atoms with Crippen molar-refractivity contribution in [1.82, 2.24) is 4.31 Å². The monoisotopic (exact) mass is 321 g/mol. The van der Waals surface area contributed by atoms with Gasteiger partial charge < -0.3 is 5.11 Å². The molecular weight excluding hydrogens is 306 g/mol. The standard InChI is InChI=1S/C11H15NO6S2/c1-12(7-11(13)14)20(17,18)10-5-3-9(4-6-10)8-19(2,15)16/h3-6H,7-8H2,1-2H3,(H,13,14). The fourth-order valence-electron chi connectivity index (χ4n) is 1.52. The summed E-state index contributed by atoms with van der Waals surface area (Å²) in [5, 5.41) is 8.59. The van der Waals surface area contributed by atoms with E-state index in [0.29, 0.717) is 9.87 Å². The molecule has 0 aliphatic rings. The molecule has 20 heavy (non-hydrogen) atoms. The van der Waals surface area contributed by atoms with Crippen molar-refractivity contribution in [1.29, 1.82) is 0 Å². The number of aliphatic carboxylic acids is 1. The summed E-state index contributed by atoms with van der Waals surface area (Å²) in [5.74, 6) is -1.44. The second kappa shape index (κ2) is 5.90. The number of hydrogen-bond acceptors (Lipinski definition) is 5. The number of carboxylic acid groups (broad SMARTS) is 1. The Morgan fingerprint density at radius 2 is 1.65 bits per heavy atom. The summed E-state index contributed by atoms with van der Waals surface area (Å²) in [4.78, 5) is 10.4. The molecule has 1 rings (SSSR count). The van der Waals surface area contributed by atoms with E-state index in [9.17, 15) is 21.6 Å². The van der Waals surface area contributed by atoms with Crippen LogP contribution in [0.4, 0.5) is 0 Å². The van der Waals surface area contributed by atoms with Crippen molar-refractivity contribution < 1.29 is 26.7 Å². The van der Waals surface area contributed by atoms with E-state index < -0.39 is 32.4 Å². The van der Waals surface area contributed by atoms with Crippen molar-refractivity contribution in [3.63, 3.8) is 0 Å². The summed E-state index contributed by atoms with van der Waals surface area (Å²) in [6.45, 7) is -0.645. The van der Waals surface area contributed by atoms with E-state index in [0.717, 1.165) is 13.3 Å². The fourth-order valence-corrected chi connectivity index (χ4v) is 3.43. The molecule has 1 N–H and O–H groups in total. The van der Waals surface area contributed by atoms with Crippen LogP contribution in [-0.2, 0) is 30.4 Å². The van der Waals surface area contributed by atoms with Gasteiger partial charge in [0, 0.05) is 13.3 Å². The Balaban J connectivity index is 3.01. The predicted molar refractivity (Wildman–Crippen MR) is 72.4 cm³/mol. The molecule has 0 unspecified atom stereocenters. The molecular formula is C11H15NO6S2. The van der Waals surface area contributed by atoms with Gasteiger partial charge >= 0.3 is 5.97 Å².